The minimum atomic E-state index is 0.445. The average molecular weight is 162 g/mol. The summed E-state index contributed by atoms with van der Waals surface area (Å²) in [6.45, 7) is 5.13. The predicted octanol–water partition coefficient (Wildman–Crippen LogP) is 2.35. The van der Waals surface area contributed by atoms with Crippen LogP contribution < -0.4 is 0 Å². The Bertz CT molecular complexity index is 280. The van der Waals surface area contributed by atoms with E-state index in [-0.39, 0.29) is 0 Å². The van der Waals surface area contributed by atoms with Crippen LogP contribution >= 0.6 is 0 Å². The molecular formula is C10H14N2. The molecule has 0 aliphatic carbocycles. The topological polar surface area (TPSA) is 28.7 Å². The molecule has 0 unspecified atom stereocenters. The van der Waals surface area contributed by atoms with Crippen molar-refractivity contribution in [2.24, 2.45) is 5.92 Å². The summed E-state index contributed by atoms with van der Waals surface area (Å²) >= 11 is 0. The van der Waals surface area contributed by atoms with E-state index in [0.29, 0.717) is 12.3 Å². The van der Waals surface area contributed by atoms with Gasteiger partial charge >= 0.3 is 0 Å². The van der Waals surface area contributed by atoms with Crippen LogP contribution in [0.15, 0.2) is 18.3 Å². The van der Waals surface area contributed by atoms with Crippen LogP contribution in [-0.2, 0) is 6.54 Å². The molecule has 0 bridgehead atoms. The van der Waals surface area contributed by atoms with E-state index in [4.69, 9.17) is 5.26 Å². The maximum Gasteiger partial charge on any atom is 0.0625 e. The Kier molecular flexibility index (Phi) is 2.93. The lowest BCUT2D eigenvalue weighted by atomic mass is 10.1. The minimum Gasteiger partial charge on any atom is -0.351 e. The summed E-state index contributed by atoms with van der Waals surface area (Å²) in [4.78, 5) is 0. The van der Waals surface area contributed by atoms with Gasteiger partial charge in [0.2, 0.25) is 0 Å². The number of nitriles is 1. The van der Waals surface area contributed by atoms with Crippen molar-refractivity contribution in [3.05, 3.63) is 24.0 Å². The molecule has 1 aromatic rings. The van der Waals surface area contributed by atoms with Crippen LogP contribution in [0.5, 0.6) is 0 Å². The van der Waals surface area contributed by atoms with Gasteiger partial charge in [-0.15, -0.1) is 0 Å². The van der Waals surface area contributed by atoms with Gasteiger partial charge in [0.1, 0.15) is 0 Å². The van der Waals surface area contributed by atoms with Crippen LogP contribution in [0, 0.1) is 24.2 Å². The van der Waals surface area contributed by atoms with E-state index in [2.05, 4.69) is 36.7 Å². The molecule has 0 saturated carbocycles. The Balaban J connectivity index is 2.53. The number of rotatable bonds is 3. The number of hydrogen-bond acceptors (Lipinski definition) is 1. The molecule has 0 spiro atoms. The Morgan fingerprint density at radius 3 is 2.92 bits per heavy atom. The highest BCUT2D eigenvalue weighted by Crippen LogP contribution is 2.08. The van der Waals surface area contributed by atoms with E-state index in [9.17, 15) is 0 Å². The number of hydrogen-bond donors (Lipinski definition) is 0. The third-order valence-electron chi connectivity index (χ3n) is 2.00. The quantitative estimate of drug-likeness (QED) is 0.670. The number of aromatic nitrogens is 1. The zero-order chi connectivity index (χ0) is 8.97. The smallest absolute Gasteiger partial charge is 0.0625 e. The van der Waals surface area contributed by atoms with Crippen LogP contribution in [-0.4, -0.2) is 4.57 Å². The molecule has 64 valence electrons. The fourth-order valence-electron chi connectivity index (χ4n) is 1.26. The molecule has 0 aromatic carbocycles. The molecule has 0 fully saturated rings. The van der Waals surface area contributed by atoms with Gasteiger partial charge in [-0.2, -0.15) is 5.26 Å². The van der Waals surface area contributed by atoms with Gasteiger partial charge in [0.05, 0.1) is 6.07 Å². The molecule has 0 saturated heterocycles. The summed E-state index contributed by atoms with van der Waals surface area (Å²) < 4.78 is 2.18. The number of nitrogens with zero attached hydrogens (tertiary/aromatic N) is 2. The summed E-state index contributed by atoms with van der Waals surface area (Å²) in [5, 5.41) is 8.48. The molecule has 2 heteroatoms. The highest BCUT2D eigenvalue weighted by Gasteiger charge is 2.02. The third kappa shape index (κ3) is 2.13. The van der Waals surface area contributed by atoms with E-state index in [1.165, 1.54) is 5.69 Å². The molecule has 0 amide bonds. The molecular weight excluding hydrogens is 148 g/mol. The minimum absolute atomic E-state index is 0.445. The van der Waals surface area contributed by atoms with Gasteiger partial charge in [-0.25, -0.2) is 0 Å². The van der Waals surface area contributed by atoms with Crippen LogP contribution in [0.25, 0.3) is 0 Å². The Hall–Kier alpha value is -1.23. The number of aryl methyl sites for hydroxylation is 1. The first-order valence-electron chi connectivity index (χ1n) is 4.22. The molecule has 0 aliphatic rings. The summed E-state index contributed by atoms with van der Waals surface area (Å²) in [5.41, 5.74) is 1.26. The molecule has 1 heterocycles. The van der Waals surface area contributed by atoms with E-state index in [1.54, 1.807) is 0 Å². The van der Waals surface area contributed by atoms with E-state index in [1.807, 2.05) is 6.07 Å². The molecule has 1 aromatic heterocycles. The van der Waals surface area contributed by atoms with Gasteiger partial charge in [0.15, 0.2) is 0 Å². The standard InChI is InChI=1S/C10H14N2/c1-9(5-6-11)8-12-7-3-4-10(12)2/h3-4,7,9H,5,8H2,1-2H3/t9-/m0/s1. The van der Waals surface area contributed by atoms with Gasteiger partial charge in [-0.1, -0.05) is 6.92 Å². The first-order chi connectivity index (χ1) is 5.74. The van der Waals surface area contributed by atoms with Crippen LogP contribution in [0.4, 0.5) is 0 Å². The summed E-state index contributed by atoms with van der Waals surface area (Å²) in [6.07, 6.45) is 2.70. The molecule has 0 N–H and O–H groups in total. The van der Waals surface area contributed by atoms with Crippen molar-refractivity contribution in [3.63, 3.8) is 0 Å². The summed E-state index contributed by atoms with van der Waals surface area (Å²) in [6, 6.07) is 6.30. The van der Waals surface area contributed by atoms with Crippen molar-refractivity contribution in [2.45, 2.75) is 26.8 Å². The van der Waals surface area contributed by atoms with Crippen molar-refractivity contribution in [1.82, 2.24) is 4.57 Å². The van der Waals surface area contributed by atoms with Crippen molar-refractivity contribution in [1.29, 1.82) is 5.26 Å². The predicted molar refractivity (Wildman–Crippen MR) is 48.6 cm³/mol. The molecule has 0 aliphatic heterocycles. The third-order valence-corrected chi connectivity index (χ3v) is 2.00. The van der Waals surface area contributed by atoms with Crippen LogP contribution in [0.1, 0.15) is 19.0 Å². The van der Waals surface area contributed by atoms with Gasteiger partial charge in [-0.05, 0) is 25.0 Å². The van der Waals surface area contributed by atoms with Crippen LogP contribution in [0.3, 0.4) is 0 Å². The molecule has 1 rings (SSSR count). The molecule has 2 nitrogen and oxygen atoms in total. The highest BCUT2D eigenvalue weighted by molar-refractivity contribution is 5.04. The van der Waals surface area contributed by atoms with Gasteiger partial charge < -0.3 is 4.57 Å². The van der Waals surface area contributed by atoms with Crippen molar-refractivity contribution in [2.75, 3.05) is 0 Å². The Morgan fingerprint density at radius 2 is 2.42 bits per heavy atom. The van der Waals surface area contributed by atoms with E-state index < -0.39 is 0 Å². The fraction of sp³-hybridized carbons (Fsp3) is 0.500. The molecule has 12 heavy (non-hydrogen) atoms. The maximum absolute atomic E-state index is 8.48. The Labute approximate surface area is 73.4 Å². The average Bonchev–Trinajstić information content (AvgIpc) is 2.37. The van der Waals surface area contributed by atoms with Crippen LogP contribution in [0.2, 0.25) is 0 Å². The second-order valence-electron chi connectivity index (χ2n) is 3.27. The zero-order valence-electron chi connectivity index (χ0n) is 7.62. The lowest BCUT2D eigenvalue weighted by Crippen LogP contribution is -2.06. The second kappa shape index (κ2) is 3.96. The van der Waals surface area contributed by atoms with E-state index in [0.717, 1.165) is 6.54 Å². The Morgan fingerprint density at radius 1 is 1.67 bits per heavy atom. The van der Waals surface area contributed by atoms with Gasteiger partial charge in [-0.3, -0.25) is 0 Å². The monoisotopic (exact) mass is 162 g/mol. The largest absolute Gasteiger partial charge is 0.351 e. The first-order valence-corrected chi connectivity index (χ1v) is 4.22. The van der Waals surface area contributed by atoms with Crippen molar-refractivity contribution >= 4 is 0 Å². The second-order valence-corrected chi connectivity index (χ2v) is 3.27. The lowest BCUT2D eigenvalue weighted by Gasteiger charge is -2.10. The first kappa shape index (κ1) is 8.86. The van der Waals surface area contributed by atoms with Gasteiger partial charge in [0.25, 0.3) is 0 Å². The van der Waals surface area contributed by atoms with Crippen molar-refractivity contribution in [3.8, 4) is 6.07 Å². The van der Waals surface area contributed by atoms with E-state index >= 15 is 0 Å². The summed E-state index contributed by atoms with van der Waals surface area (Å²) in [5.74, 6) is 0.445. The molecule has 1 atom stereocenters. The normalized spacial score (nSPS) is 12.4. The highest BCUT2D eigenvalue weighted by atomic mass is 15.0. The maximum atomic E-state index is 8.48. The van der Waals surface area contributed by atoms with Gasteiger partial charge in [0, 0.05) is 24.9 Å². The lowest BCUT2D eigenvalue weighted by molar-refractivity contribution is 0.486. The van der Waals surface area contributed by atoms with Crippen molar-refractivity contribution < 1.29 is 0 Å². The fourth-order valence-corrected chi connectivity index (χ4v) is 1.26. The summed E-state index contributed by atoms with van der Waals surface area (Å²) in [7, 11) is 0. The zero-order valence-corrected chi connectivity index (χ0v) is 7.62. The molecule has 0 radical (unpaired) electrons. The SMILES string of the molecule is Cc1cccn1C[C@@H](C)CC#N.